The molecule has 0 aliphatic carbocycles. The van der Waals surface area contributed by atoms with Gasteiger partial charge in [-0.1, -0.05) is 35.0 Å². The molecule has 90 valence electrons. The molecule has 1 atom stereocenters. The molecule has 0 saturated carbocycles. The Balaban J connectivity index is 1.85. The minimum atomic E-state index is -0.633. The zero-order valence-corrected chi connectivity index (χ0v) is 9.89. The number of nitrogens with one attached hydrogen (secondary N) is 1. The second kappa shape index (κ2) is 5.82. The molecule has 1 unspecified atom stereocenters. The van der Waals surface area contributed by atoms with Crippen LogP contribution in [-0.2, 0) is 6.54 Å². The first kappa shape index (κ1) is 12.1. The molecule has 2 rings (SSSR count). The van der Waals surface area contributed by atoms with Crippen molar-refractivity contribution in [1.29, 1.82) is 0 Å². The van der Waals surface area contributed by atoms with Gasteiger partial charge in [0.2, 0.25) is 0 Å². The van der Waals surface area contributed by atoms with Crippen LogP contribution in [0.2, 0.25) is 5.02 Å². The summed E-state index contributed by atoms with van der Waals surface area (Å²) in [5, 5.41) is 17.2. The van der Waals surface area contributed by atoms with Gasteiger partial charge in [0.15, 0.2) is 0 Å². The van der Waals surface area contributed by atoms with Gasteiger partial charge in [0, 0.05) is 23.2 Å². The number of aliphatic hydroxyl groups excluding tert-OH is 1. The van der Waals surface area contributed by atoms with E-state index in [0.29, 0.717) is 18.1 Å². The van der Waals surface area contributed by atoms with E-state index < -0.39 is 6.10 Å². The molecule has 0 bridgehead atoms. The van der Waals surface area contributed by atoms with Crippen molar-refractivity contribution in [1.82, 2.24) is 10.5 Å². The van der Waals surface area contributed by atoms with Gasteiger partial charge in [0.25, 0.3) is 0 Å². The highest BCUT2D eigenvalue weighted by atomic mass is 35.5. The Kier molecular flexibility index (Phi) is 4.14. The largest absolute Gasteiger partial charge is 0.387 e. The molecule has 0 amide bonds. The average Bonchev–Trinajstić information content (AvgIpc) is 2.82. The molecule has 17 heavy (non-hydrogen) atoms. The SMILES string of the molecule is OC(CNCc1ccno1)c1ccccc1Cl. The smallest absolute Gasteiger partial charge is 0.150 e. The van der Waals surface area contributed by atoms with Crippen molar-refractivity contribution in [2.75, 3.05) is 6.54 Å². The highest BCUT2D eigenvalue weighted by Crippen LogP contribution is 2.21. The summed E-state index contributed by atoms with van der Waals surface area (Å²) in [4.78, 5) is 0. The fourth-order valence-electron chi connectivity index (χ4n) is 1.52. The summed E-state index contributed by atoms with van der Waals surface area (Å²) in [6.07, 6.45) is 0.952. The van der Waals surface area contributed by atoms with E-state index in [9.17, 15) is 5.11 Å². The average molecular weight is 253 g/mol. The Morgan fingerprint density at radius 2 is 2.18 bits per heavy atom. The first-order valence-electron chi connectivity index (χ1n) is 5.30. The highest BCUT2D eigenvalue weighted by Gasteiger charge is 2.10. The van der Waals surface area contributed by atoms with E-state index in [1.165, 1.54) is 0 Å². The third-order valence-electron chi connectivity index (χ3n) is 2.39. The minimum absolute atomic E-state index is 0.407. The molecule has 1 aromatic heterocycles. The number of aliphatic hydroxyl groups is 1. The quantitative estimate of drug-likeness (QED) is 0.856. The molecule has 4 nitrogen and oxygen atoms in total. The van der Waals surface area contributed by atoms with Gasteiger partial charge in [-0.05, 0) is 6.07 Å². The maximum atomic E-state index is 9.94. The third-order valence-corrected chi connectivity index (χ3v) is 2.74. The highest BCUT2D eigenvalue weighted by molar-refractivity contribution is 6.31. The molecule has 0 radical (unpaired) electrons. The van der Waals surface area contributed by atoms with E-state index in [0.717, 1.165) is 11.3 Å². The van der Waals surface area contributed by atoms with Crippen LogP contribution >= 0.6 is 11.6 Å². The summed E-state index contributed by atoms with van der Waals surface area (Å²) >= 11 is 5.98. The van der Waals surface area contributed by atoms with Crippen LogP contribution in [0.25, 0.3) is 0 Å². The molecule has 0 saturated heterocycles. The van der Waals surface area contributed by atoms with Gasteiger partial charge in [-0.2, -0.15) is 0 Å². The zero-order valence-electron chi connectivity index (χ0n) is 9.14. The Morgan fingerprint density at radius 1 is 1.35 bits per heavy atom. The van der Waals surface area contributed by atoms with Crippen LogP contribution in [0.1, 0.15) is 17.4 Å². The van der Waals surface area contributed by atoms with Crippen LogP contribution in [0.5, 0.6) is 0 Å². The Morgan fingerprint density at radius 3 is 2.88 bits per heavy atom. The van der Waals surface area contributed by atoms with Gasteiger partial charge < -0.3 is 14.9 Å². The van der Waals surface area contributed by atoms with Gasteiger partial charge in [0.05, 0.1) is 18.8 Å². The number of hydrogen-bond donors (Lipinski definition) is 2. The number of nitrogens with zero attached hydrogens (tertiary/aromatic N) is 1. The lowest BCUT2D eigenvalue weighted by atomic mass is 10.1. The molecule has 2 aromatic rings. The van der Waals surface area contributed by atoms with E-state index in [1.54, 1.807) is 18.3 Å². The van der Waals surface area contributed by atoms with Crippen molar-refractivity contribution >= 4 is 11.6 Å². The van der Waals surface area contributed by atoms with Crippen molar-refractivity contribution in [3.8, 4) is 0 Å². The lowest BCUT2D eigenvalue weighted by Gasteiger charge is -2.12. The number of rotatable bonds is 5. The first-order valence-corrected chi connectivity index (χ1v) is 5.68. The lowest BCUT2D eigenvalue weighted by molar-refractivity contribution is 0.173. The van der Waals surface area contributed by atoms with Crippen LogP contribution < -0.4 is 5.32 Å². The third kappa shape index (κ3) is 3.30. The maximum absolute atomic E-state index is 9.94. The van der Waals surface area contributed by atoms with E-state index in [-0.39, 0.29) is 0 Å². The van der Waals surface area contributed by atoms with Gasteiger partial charge in [0.1, 0.15) is 5.76 Å². The second-order valence-corrected chi connectivity index (χ2v) is 4.05. The van der Waals surface area contributed by atoms with E-state index in [1.807, 2.05) is 18.2 Å². The monoisotopic (exact) mass is 252 g/mol. The number of hydrogen-bond acceptors (Lipinski definition) is 4. The van der Waals surface area contributed by atoms with Gasteiger partial charge in [-0.15, -0.1) is 0 Å². The molecule has 0 fully saturated rings. The normalized spacial score (nSPS) is 12.6. The number of halogens is 1. The second-order valence-electron chi connectivity index (χ2n) is 3.65. The van der Waals surface area contributed by atoms with Crippen molar-refractivity contribution in [3.05, 3.63) is 52.9 Å². The summed E-state index contributed by atoms with van der Waals surface area (Å²) in [5.74, 6) is 0.733. The Labute approximate surface area is 104 Å². The zero-order chi connectivity index (χ0) is 12.1. The maximum Gasteiger partial charge on any atom is 0.150 e. The van der Waals surface area contributed by atoms with E-state index in [4.69, 9.17) is 16.1 Å². The summed E-state index contributed by atoms with van der Waals surface area (Å²) in [7, 11) is 0. The molecule has 0 spiro atoms. The Hall–Kier alpha value is -1.36. The molecule has 2 N–H and O–H groups in total. The summed E-state index contributed by atoms with van der Waals surface area (Å²) in [6.45, 7) is 0.936. The first-order chi connectivity index (χ1) is 8.27. The van der Waals surface area contributed by atoms with Gasteiger partial charge in [-0.25, -0.2) is 0 Å². The van der Waals surface area contributed by atoms with Gasteiger partial charge >= 0.3 is 0 Å². The number of aromatic nitrogens is 1. The van der Waals surface area contributed by atoms with Crippen LogP contribution in [0.15, 0.2) is 41.1 Å². The van der Waals surface area contributed by atoms with Crippen LogP contribution in [-0.4, -0.2) is 16.8 Å². The van der Waals surface area contributed by atoms with E-state index >= 15 is 0 Å². The standard InChI is InChI=1S/C12H13ClN2O2/c13-11-4-2-1-3-10(11)12(16)8-14-7-9-5-6-15-17-9/h1-6,12,14,16H,7-8H2. The Bertz CT molecular complexity index is 459. The fourth-order valence-corrected chi connectivity index (χ4v) is 1.78. The summed E-state index contributed by atoms with van der Waals surface area (Å²) < 4.78 is 4.92. The minimum Gasteiger partial charge on any atom is -0.387 e. The molecule has 1 heterocycles. The molecular weight excluding hydrogens is 240 g/mol. The van der Waals surface area contributed by atoms with Crippen molar-refractivity contribution in [2.45, 2.75) is 12.6 Å². The molecule has 0 aliphatic heterocycles. The predicted octanol–water partition coefficient (Wildman–Crippen LogP) is 2.15. The molecule has 1 aromatic carbocycles. The van der Waals surface area contributed by atoms with Crippen molar-refractivity contribution < 1.29 is 9.63 Å². The van der Waals surface area contributed by atoms with E-state index in [2.05, 4.69) is 10.5 Å². The van der Waals surface area contributed by atoms with Gasteiger partial charge in [-0.3, -0.25) is 0 Å². The topological polar surface area (TPSA) is 58.3 Å². The lowest BCUT2D eigenvalue weighted by Crippen LogP contribution is -2.21. The fraction of sp³-hybridized carbons (Fsp3) is 0.250. The van der Waals surface area contributed by atoms with Crippen LogP contribution in [0.3, 0.4) is 0 Å². The summed E-state index contributed by atoms with van der Waals surface area (Å²) in [6, 6.07) is 9.02. The molecule has 5 heteroatoms. The van der Waals surface area contributed by atoms with Crippen LogP contribution in [0.4, 0.5) is 0 Å². The molecular formula is C12H13ClN2O2. The summed E-state index contributed by atoms with van der Waals surface area (Å²) in [5.41, 5.74) is 0.722. The molecule has 0 aliphatic rings. The number of benzene rings is 1. The predicted molar refractivity (Wildman–Crippen MR) is 64.6 cm³/mol. The van der Waals surface area contributed by atoms with Crippen molar-refractivity contribution in [2.24, 2.45) is 0 Å². The van der Waals surface area contributed by atoms with Crippen molar-refractivity contribution in [3.63, 3.8) is 0 Å². The van der Waals surface area contributed by atoms with Crippen LogP contribution in [0, 0.1) is 0 Å².